The molecule has 1 aliphatic rings. The first-order valence-electron chi connectivity index (χ1n) is 13.9. The van der Waals surface area contributed by atoms with E-state index in [-0.39, 0.29) is 37.2 Å². The number of benzene rings is 1. The number of rotatable bonds is 14. The maximum atomic E-state index is 13.5. The molecule has 41 heavy (non-hydrogen) atoms. The lowest BCUT2D eigenvalue weighted by molar-refractivity contribution is -0.136. The van der Waals surface area contributed by atoms with Gasteiger partial charge in [0.25, 0.3) is 0 Å². The summed E-state index contributed by atoms with van der Waals surface area (Å²) >= 11 is 5.99. The third-order valence-electron chi connectivity index (χ3n) is 6.36. The Morgan fingerprint density at radius 1 is 1.12 bits per heavy atom. The lowest BCUT2D eigenvalue weighted by atomic mass is 9.97. The third-order valence-corrected chi connectivity index (χ3v) is 6.59. The Hall–Kier alpha value is -3.18. The molecule has 1 aromatic carbocycles. The molecule has 4 amide bonds. The summed E-state index contributed by atoms with van der Waals surface area (Å²) in [5.41, 5.74) is 0.0315. The second-order valence-electron chi connectivity index (χ2n) is 11.7. The maximum absolute atomic E-state index is 13.5. The van der Waals surface area contributed by atoms with Gasteiger partial charge in [-0.3, -0.25) is 14.4 Å². The predicted octanol–water partition coefficient (Wildman–Crippen LogP) is 2.88. The Labute approximate surface area is 246 Å². The zero-order valence-corrected chi connectivity index (χ0v) is 25.4. The summed E-state index contributed by atoms with van der Waals surface area (Å²) < 4.78 is 11.3. The van der Waals surface area contributed by atoms with Crippen molar-refractivity contribution in [3.8, 4) is 0 Å². The molecule has 228 valence electrons. The van der Waals surface area contributed by atoms with E-state index in [0.29, 0.717) is 29.8 Å². The van der Waals surface area contributed by atoms with Crippen molar-refractivity contribution in [1.82, 2.24) is 21.3 Å². The number of carbonyl (C=O) groups excluding carboxylic acids is 5. The SMILES string of the molecule is CC(C)C[C@H](NC(=O)[C@@H](NC(=O)OCc1cccc(Cl)c1)[C@H](C)OC(C)(C)C)C(=O)N[C@H](C=O)C[C@@H]1CCNC1=O. The molecule has 5 atom stereocenters. The monoisotopic (exact) mass is 594 g/mol. The minimum atomic E-state index is -1.20. The van der Waals surface area contributed by atoms with E-state index < -0.39 is 47.7 Å². The predicted molar refractivity (Wildman–Crippen MR) is 154 cm³/mol. The molecule has 0 spiro atoms. The molecule has 0 saturated carbocycles. The third kappa shape index (κ3) is 12.1. The van der Waals surface area contributed by atoms with Gasteiger partial charge in [0.2, 0.25) is 17.7 Å². The second kappa shape index (κ2) is 15.7. The van der Waals surface area contributed by atoms with Crippen LogP contribution in [0.1, 0.15) is 66.4 Å². The molecular formula is C29H43ClN4O7. The first-order valence-corrected chi connectivity index (χ1v) is 14.3. The van der Waals surface area contributed by atoms with Crippen LogP contribution >= 0.6 is 11.6 Å². The van der Waals surface area contributed by atoms with Gasteiger partial charge in [-0.15, -0.1) is 0 Å². The van der Waals surface area contributed by atoms with Crippen molar-refractivity contribution in [1.29, 1.82) is 0 Å². The molecule has 1 aliphatic heterocycles. The van der Waals surface area contributed by atoms with Crippen LogP contribution in [-0.2, 0) is 35.3 Å². The molecule has 1 fully saturated rings. The van der Waals surface area contributed by atoms with Gasteiger partial charge in [-0.05, 0) is 70.6 Å². The van der Waals surface area contributed by atoms with Gasteiger partial charge in [-0.1, -0.05) is 37.6 Å². The molecule has 0 unspecified atom stereocenters. The minimum absolute atomic E-state index is 0.0126. The lowest BCUT2D eigenvalue weighted by Crippen LogP contribution is -2.59. The van der Waals surface area contributed by atoms with Crippen molar-refractivity contribution in [2.75, 3.05) is 6.54 Å². The largest absolute Gasteiger partial charge is 0.445 e. The number of carbonyl (C=O) groups is 5. The number of alkyl carbamates (subject to hydrolysis) is 1. The van der Waals surface area contributed by atoms with E-state index in [9.17, 15) is 24.0 Å². The normalized spacial score (nSPS) is 18.0. The number of aldehydes is 1. The molecule has 0 aromatic heterocycles. The van der Waals surface area contributed by atoms with E-state index in [2.05, 4.69) is 21.3 Å². The lowest BCUT2D eigenvalue weighted by Gasteiger charge is -2.32. The fraction of sp³-hybridized carbons (Fsp3) is 0.621. The Kier molecular flexibility index (Phi) is 13.0. The molecule has 1 aromatic rings. The van der Waals surface area contributed by atoms with Gasteiger partial charge in [-0.25, -0.2) is 4.79 Å². The van der Waals surface area contributed by atoms with E-state index >= 15 is 0 Å². The van der Waals surface area contributed by atoms with E-state index in [0.717, 1.165) is 0 Å². The fourth-order valence-corrected chi connectivity index (χ4v) is 4.75. The van der Waals surface area contributed by atoms with E-state index in [1.807, 2.05) is 34.6 Å². The molecule has 4 N–H and O–H groups in total. The molecule has 0 radical (unpaired) electrons. The van der Waals surface area contributed by atoms with Crippen LogP contribution in [0.5, 0.6) is 0 Å². The van der Waals surface area contributed by atoms with Crippen LogP contribution in [0.3, 0.4) is 0 Å². The summed E-state index contributed by atoms with van der Waals surface area (Å²) in [5.74, 6) is -1.72. The topological polar surface area (TPSA) is 152 Å². The Bertz CT molecular complexity index is 1080. The Morgan fingerprint density at radius 2 is 1.83 bits per heavy atom. The van der Waals surface area contributed by atoms with Crippen LogP contribution in [0.2, 0.25) is 5.02 Å². The van der Waals surface area contributed by atoms with Gasteiger partial charge in [0.15, 0.2) is 0 Å². The number of hydrogen-bond acceptors (Lipinski definition) is 7. The molecule has 1 heterocycles. The molecule has 2 rings (SSSR count). The second-order valence-corrected chi connectivity index (χ2v) is 12.2. The molecule has 0 aliphatic carbocycles. The van der Waals surface area contributed by atoms with Gasteiger partial charge < -0.3 is 35.5 Å². The van der Waals surface area contributed by atoms with Crippen molar-refractivity contribution in [2.24, 2.45) is 11.8 Å². The summed E-state index contributed by atoms with van der Waals surface area (Å²) in [7, 11) is 0. The van der Waals surface area contributed by atoms with Gasteiger partial charge in [-0.2, -0.15) is 0 Å². The van der Waals surface area contributed by atoms with Gasteiger partial charge in [0, 0.05) is 17.5 Å². The number of nitrogens with one attached hydrogen (secondary N) is 4. The number of amides is 4. The number of halogens is 1. The standard InChI is InChI=1S/C29H43ClN4O7/c1-17(2)12-23(26(37)32-22(15-35)14-20-10-11-31-25(20)36)33-27(38)24(18(3)41-29(4,5)6)34-28(39)40-16-19-8-7-9-21(30)13-19/h7-9,13,15,17-18,20,22-24H,10-12,14,16H2,1-6H3,(H,31,36)(H,32,37)(H,33,38)(H,34,39)/t18-,20-,22-,23-,24-/m0/s1. The summed E-state index contributed by atoms with van der Waals surface area (Å²) in [6.45, 7) is 11.3. The zero-order valence-electron chi connectivity index (χ0n) is 24.6. The molecule has 0 bridgehead atoms. The minimum Gasteiger partial charge on any atom is -0.445 e. The highest BCUT2D eigenvalue weighted by Gasteiger charge is 2.35. The highest BCUT2D eigenvalue weighted by Crippen LogP contribution is 2.17. The molecular weight excluding hydrogens is 552 g/mol. The van der Waals surface area contributed by atoms with Crippen LogP contribution in [-0.4, -0.2) is 66.5 Å². The van der Waals surface area contributed by atoms with Gasteiger partial charge in [0.1, 0.15) is 25.0 Å². The van der Waals surface area contributed by atoms with Gasteiger partial charge in [0.05, 0.1) is 17.7 Å². The molecule has 12 heteroatoms. The first-order chi connectivity index (χ1) is 19.2. The first kappa shape index (κ1) is 34.0. The summed E-state index contributed by atoms with van der Waals surface area (Å²) in [6.07, 6.45) is -0.0272. The summed E-state index contributed by atoms with van der Waals surface area (Å²) in [4.78, 5) is 63.1. The number of ether oxygens (including phenoxy) is 2. The van der Waals surface area contributed by atoms with Crippen molar-refractivity contribution in [2.45, 2.75) is 97.2 Å². The van der Waals surface area contributed by atoms with Crippen molar-refractivity contribution >= 4 is 41.7 Å². The van der Waals surface area contributed by atoms with E-state index in [1.54, 1.807) is 31.2 Å². The summed E-state index contributed by atoms with van der Waals surface area (Å²) in [5, 5.41) is 11.2. The average molecular weight is 595 g/mol. The Balaban J connectivity index is 2.14. The van der Waals surface area contributed by atoms with Crippen LogP contribution in [0.25, 0.3) is 0 Å². The van der Waals surface area contributed by atoms with Crippen LogP contribution < -0.4 is 21.3 Å². The quantitative estimate of drug-likeness (QED) is 0.242. The highest BCUT2D eigenvalue weighted by atomic mass is 35.5. The van der Waals surface area contributed by atoms with Crippen LogP contribution in [0, 0.1) is 11.8 Å². The maximum Gasteiger partial charge on any atom is 0.408 e. The van der Waals surface area contributed by atoms with E-state index in [1.165, 1.54) is 0 Å². The van der Waals surface area contributed by atoms with Gasteiger partial charge >= 0.3 is 6.09 Å². The van der Waals surface area contributed by atoms with Crippen LogP contribution in [0.4, 0.5) is 4.79 Å². The molecule has 11 nitrogen and oxygen atoms in total. The summed E-state index contributed by atoms with van der Waals surface area (Å²) in [6, 6.07) is 3.74. The Morgan fingerprint density at radius 3 is 2.39 bits per heavy atom. The molecule has 1 saturated heterocycles. The average Bonchev–Trinajstić information content (AvgIpc) is 3.27. The highest BCUT2D eigenvalue weighted by molar-refractivity contribution is 6.30. The van der Waals surface area contributed by atoms with Crippen molar-refractivity contribution < 1.29 is 33.4 Å². The van der Waals surface area contributed by atoms with E-state index in [4.69, 9.17) is 21.1 Å². The fourth-order valence-electron chi connectivity index (χ4n) is 4.54. The smallest absolute Gasteiger partial charge is 0.408 e. The zero-order chi connectivity index (χ0) is 30.7. The van der Waals surface area contributed by atoms with Crippen LogP contribution in [0.15, 0.2) is 24.3 Å². The number of hydrogen-bond donors (Lipinski definition) is 4. The van der Waals surface area contributed by atoms with Crippen molar-refractivity contribution in [3.63, 3.8) is 0 Å². The van der Waals surface area contributed by atoms with Crippen molar-refractivity contribution in [3.05, 3.63) is 34.9 Å².